The number of rotatable bonds is 6. The van der Waals surface area contributed by atoms with Crippen LogP contribution >= 0.6 is 0 Å². The summed E-state index contributed by atoms with van der Waals surface area (Å²) < 4.78 is 28.0. The van der Waals surface area contributed by atoms with E-state index in [0.717, 1.165) is 0 Å². The molecule has 2 N–H and O–H groups in total. The van der Waals surface area contributed by atoms with Crippen LogP contribution in [0, 0.1) is 5.21 Å². The normalized spacial score (nSPS) is 22.8. The highest BCUT2D eigenvalue weighted by atomic mass is 16.6. The Hall–Kier alpha value is -4.16. The molecule has 0 saturated carbocycles. The Labute approximate surface area is 241 Å². The fourth-order valence-electron chi connectivity index (χ4n) is 6.07. The zero-order valence-electron chi connectivity index (χ0n) is 24.2. The first-order valence-corrected chi connectivity index (χ1v) is 13.3. The third kappa shape index (κ3) is 4.64. The molecule has 1 fully saturated rings. The maximum Gasteiger partial charge on any atom is 0.344 e. The number of aromatic hydroxyl groups is 1. The number of esters is 1. The van der Waals surface area contributed by atoms with Gasteiger partial charge in [0, 0.05) is 23.1 Å². The van der Waals surface area contributed by atoms with Crippen LogP contribution in [0.5, 0.6) is 17.2 Å². The van der Waals surface area contributed by atoms with Crippen LogP contribution < -0.4 is 15.1 Å². The molecule has 5 atom stereocenters. The number of benzene rings is 3. The molecule has 222 valence electrons. The molecule has 3 aromatic carbocycles. The quantitative estimate of drug-likeness (QED) is 0.112. The molecule has 1 aromatic heterocycles. The van der Waals surface area contributed by atoms with E-state index < -0.39 is 46.7 Å². The van der Waals surface area contributed by atoms with Crippen molar-refractivity contribution in [2.24, 2.45) is 0 Å². The van der Waals surface area contributed by atoms with E-state index in [4.69, 9.17) is 23.4 Å². The lowest BCUT2D eigenvalue weighted by atomic mass is 9.85. The molecule has 1 saturated heterocycles. The van der Waals surface area contributed by atoms with Gasteiger partial charge in [-0.25, -0.2) is 4.79 Å². The van der Waals surface area contributed by atoms with Crippen LogP contribution in [0.25, 0.3) is 38.6 Å². The van der Waals surface area contributed by atoms with E-state index in [1.165, 1.54) is 47.4 Å². The molecule has 0 aliphatic carbocycles. The van der Waals surface area contributed by atoms with Crippen LogP contribution in [0.15, 0.2) is 46.1 Å². The zero-order chi connectivity index (χ0) is 30.7. The van der Waals surface area contributed by atoms with E-state index in [9.17, 15) is 25.0 Å². The molecule has 0 bridgehead atoms. The molecule has 11 heteroatoms. The lowest BCUT2D eigenvalue weighted by Gasteiger charge is -2.52. The minimum absolute atomic E-state index is 0.0943. The molecule has 1 aliphatic heterocycles. The molecule has 11 nitrogen and oxygen atoms in total. The lowest BCUT2D eigenvalue weighted by molar-refractivity contribution is -0.878. The van der Waals surface area contributed by atoms with Crippen molar-refractivity contribution < 1.29 is 43.0 Å². The van der Waals surface area contributed by atoms with Crippen LogP contribution in [-0.2, 0) is 14.3 Å². The molecule has 2 heterocycles. The molecule has 42 heavy (non-hydrogen) atoms. The Morgan fingerprint density at radius 2 is 1.74 bits per heavy atom. The molecule has 0 unspecified atom stereocenters. The number of aliphatic hydroxyl groups excluding tert-OH is 1. The Kier molecular flexibility index (Phi) is 7.40. The van der Waals surface area contributed by atoms with Crippen molar-refractivity contribution in [1.82, 2.24) is 0 Å². The molecule has 0 radical (unpaired) electrons. The van der Waals surface area contributed by atoms with Crippen LogP contribution in [0.3, 0.4) is 0 Å². The van der Waals surface area contributed by atoms with Gasteiger partial charge in [-0.3, -0.25) is 4.79 Å². The second-order valence-corrected chi connectivity index (χ2v) is 10.9. The number of aliphatic hydroxyl groups is 1. The van der Waals surface area contributed by atoms with Crippen molar-refractivity contribution in [2.45, 2.75) is 44.3 Å². The van der Waals surface area contributed by atoms with Gasteiger partial charge in [0.15, 0.2) is 12.1 Å². The number of carbonyl (C=O) groups excluding carboxylic acids is 1. The number of nitrogens with zero attached hydrogens (tertiary/aromatic N) is 1. The summed E-state index contributed by atoms with van der Waals surface area (Å²) in [5, 5.41) is 37.6. The third-order valence-corrected chi connectivity index (χ3v) is 7.84. The van der Waals surface area contributed by atoms with E-state index in [1.807, 2.05) is 0 Å². The fraction of sp³-hybridized carbons (Fsp3) is 0.355. The fourth-order valence-corrected chi connectivity index (χ4v) is 6.07. The number of ether oxygens (including phenoxy) is 4. The van der Waals surface area contributed by atoms with Crippen molar-refractivity contribution in [3.63, 3.8) is 0 Å². The number of phenols is 1. The first-order valence-electron chi connectivity index (χ1n) is 13.3. The SMILES string of the molecule is C=Cc1cc(OC)c2c(c1)c(=O)oc1c2cc(OC)c2c(O)ccc([C@@H]3O[C@H](C)[C@H](OC(C)=O)[C@H]([N+](C)(C)[O-])[C@H]3O)c21. The van der Waals surface area contributed by atoms with Crippen LogP contribution in [-0.4, -0.2) is 73.5 Å². The number of quaternary nitrogens is 1. The van der Waals surface area contributed by atoms with Gasteiger partial charge in [-0.15, -0.1) is 0 Å². The summed E-state index contributed by atoms with van der Waals surface area (Å²) in [7, 11) is 5.61. The number of fused-ring (bicyclic) bond motifs is 5. The van der Waals surface area contributed by atoms with Crippen molar-refractivity contribution >= 4 is 44.6 Å². The highest BCUT2D eigenvalue weighted by Gasteiger charge is 2.52. The van der Waals surface area contributed by atoms with Crippen LogP contribution in [0.2, 0.25) is 0 Å². The number of hydrogen-bond acceptors (Lipinski definition) is 10. The summed E-state index contributed by atoms with van der Waals surface area (Å²) in [5.41, 5.74) is 0.409. The number of methoxy groups -OCH3 is 2. The van der Waals surface area contributed by atoms with Crippen molar-refractivity contribution in [3.8, 4) is 17.2 Å². The summed E-state index contributed by atoms with van der Waals surface area (Å²) in [6.45, 7) is 6.64. The summed E-state index contributed by atoms with van der Waals surface area (Å²) in [6.07, 6.45) is -2.87. The Morgan fingerprint density at radius 1 is 1.07 bits per heavy atom. The first-order chi connectivity index (χ1) is 19.8. The van der Waals surface area contributed by atoms with Gasteiger partial charge in [-0.05, 0) is 42.3 Å². The van der Waals surface area contributed by atoms with Crippen molar-refractivity contribution in [2.75, 3.05) is 28.3 Å². The van der Waals surface area contributed by atoms with E-state index in [2.05, 4.69) is 6.58 Å². The Morgan fingerprint density at radius 3 is 2.33 bits per heavy atom. The summed E-state index contributed by atoms with van der Waals surface area (Å²) in [6, 6.07) is 6.83. The second-order valence-electron chi connectivity index (χ2n) is 10.9. The lowest BCUT2D eigenvalue weighted by Crippen LogP contribution is -2.65. The minimum Gasteiger partial charge on any atom is -0.633 e. The standard InChI is InChI=1S/C31H33NO10/c1-8-16-11-19-23(21(12-16)38-6)18-13-22(39-7)25-20(34)10-9-17(24(25)29(18)42-31(19)36)30-27(35)26(32(4,5)37)28(14(2)40-30)41-15(3)33/h8-14,26-28,30,34-35H,1H2,2-7H3/t14-,26-,27-,28+,30+/m1/s1. The van der Waals surface area contributed by atoms with E-state index in [-0.39, 0.29) is 33.2 Å². The average molecular weight is 580 g/mol. The molecule has 5 rings (SSSR count). The molecular weight excluding hydrogens is 546 g/mol. The van der Waals surface area contributed by atoms with Crippen LogP contribution in [0.4, 0.5) is 0 Å². The largest absolute Gasteiger partial charge is 0.633 e. The highest BCUT2D eigenvalue weighted by molar-refractivity contribution is 6.19. The predicted octanol–water partition coefficient (Wildman–Crippen LogP) is 4.16. The number of carbonyl (C=O) groups is 1. The molecular formula is C31H33NO10. The zero-order valence-corrected chi connectivity index (χ0v) is 24.2. The van der Waals surface area contributed by atoms with Gasteiger partial charge in [0.25, 0.3) is 0 Å². The van der Waals surface area contributed by atoms with Crippen LogP contribution in [0.1, 0.15) is 31.1 Å². The third-order valence-electron chi connectivity index (χ3n) is 7.84. The molecule has 0 amide bonds. The molecule has 1 aliphatic rings. The van der Waals surface area contributed by atoms with Crippen molar-refractivity contribution in [3.05, 3.63) is 63.7 Å². The Bertz CT molecular complexity index is 1790. The van der Waals surface area contributed by atoms with Crippen molar-refractivity contribution in [1.29, 1.82) is 0 Å². The van der Waals surface area contributed by atoms with E-state index in [0.29, 0.717) is 27.6 Å². The topological polar surface area (TPSA) is 148 Å². The molecule has 0 spiro atoms. The summed E-state index contributed by atoms with van der Waals surface area (Å²) in [5.74, 6) is -0.139. The first kappa shape index (κ1) is 29.3. The Balaban J connectivity index is 1.89. The summed E-state index contributed by atoms with van der Waals surface area (Å²) >= 11 is 0. The van der Waals surface area contributed by atoms with Gasteiger partial charge >= 0.3 is 11.6 Å². The van der Waals surface area contributed by atoms with E-state index >= 15 is 0 Å². The molecule has 4 aromatic rings. The minimum atomic E-state index is -1.47. The van der Waals surface area contributed by atoms with Gasteiger partial charge in [0.2, 0.25) is 0 Å². The smallest absolute Gasteiger partial charge is 0.344 e. The highest BCUT2D eigenvalue weighted by Crippen LogP contribution is 2.47. The van der Waals surface area contributed by atoms with E-state index in [1.54, 1.807) is 31.2 Å². The summed E-state index contributed by atoms with van der Waals surface area (Å²) in [4.78, 5) is 25.3. The second kappa shape index (κ2) is 10.6. The number of hydrogen-bond donors (Lipinski definition) is 2. The van der Waals surface area contributed by atoms with Gasteiger partial charge in [0.05, 0.1) is 45.2 Å². The maximum absolute atomic E-state index is 13.4. The maximum atomic E-state index is 13.4. The van der Waals surface area contributed by atoms with Gasteiger partial charge in [-0.1, -0.05) is 18.7 Å². The van der Waals surface area contributed by atoms with Gasteiger partial charge in [0.1, 0.15) is 35.0 Å². The number of phenolic OH excluding ortho intramolecular Hbond substituents is 1. The predicted molar refractivity (Wildman–Crippen MR) is 156 cm³/mol. The number of hydroxylamine groups is 3. The van der Waals surface area contributed by atoms with Gasteiger partial charge < -0.3 is 43.4 Å². The average Bonchev–Trinajstić information content (AvgIpc) is 2.93. The number of likely N-dealkylation sites (N-methyl/N-ethyl adjacent to an activating group) is 1. The van der Waals surface area contributed by atoms with Gasteiger partial charge in [-0.2, -0.15) is 0 Å². The monoisotopic (exact) mass is 579 g/mol.